The maximum atomic E-state index is 12.3. The van der Waals surface area contributed by atoms with Crippen LogP contribution in [0.1, 0.15) is 176 Å². The van der Waals surface area contributed by atoms with Crippen molar-refractivity contribution >= 4 is 5.97 Å². The zero-order valence-electron chi connectivity index (χ0n) is 27.3. The Hall–Kier alpha value is -0.690. The number of carboxylic acids is 1. The minimum Gasteiger partial charge on any atom is -0.479 e. The fraction of sp³-hybridized carbons (Fsp3) is 0.971. The van der Waals surface area contributed by atoms with Gasteiger partial charge in [-0.15, -0.1) is 0 Å². The molecule has 0 aliphatic carbocycles. The lowest BCUT2D eigenvalue weighted by atomic mass is 10.0. The fourth-order valence-electron chi connectivity index (χ4n) is 4.88. The minimum atomic E-state index is -1.49. The van der Waals surface area contributed by atoms with Crippen molar-refractivity contribution in [1.82, 2.24) is 0 Å². The van der Waals surface area contributed by atoms with Crippen molar-refractivity contribution in [3.05, 3.63) is 0 Å². The molecule has 2 unspecified atom stereocenters. The van der Waals surface area contributed by atoms with Crippen molar-refractivity contribution in [2.75, 3.05) is 19.8 Å². The van der Waals surface area contributed by atoms with Gasteiger partial charge >= 0.3 is 11.9 Å². The van der Waals surface area contributed by atoms with Crippen LogP contribution in [0, 0.1) is 0 Å². The highest BCUT2D eigenvalue weighted by Crippen LogP contribution is 2.30. The number of hydrogen-bond donors (Lipinski definition) is 1. The number of aliphatic carboxylic acids is 1. The first-order valence-corrected chi connectivity index (χ1v) is 17.3. The van der Waals surface area contributed by atoms with Crippen molar-refractivity contribution in [3.63, 3.8) is 0 Å². The molecular formula is C34H68O6. The van der Waals surface area contributed by atoms with Crippen LogP contribution in [0.5, 0.6) is 0 Å². The summed E-state index contributed by atoms with van der Waals surface area (Å²) in [5.74, 6) is -2.45. The molecule has 1 N–H and O–H groups in total. The van der Waals surface area contributed by atoms with E-state index in [9.17, 15) is 9.90 Å². The summed E-state index contributed by atoms with van der Waals surface area (Å²) in [5.41, 5.74) is 0. The predicted octanol–water partition coefficient (Wildman–Crippen LogP) is 10.2. The molecule has 0 amide bonds. The van der Waals surface area contributed by atoms with Crippen LogP contribution in [0.4, 0.5) is 0 Å². The Morgan fingerprint density at radius 2 is 0.975 bits per heavy atom. The van der Waals surface area contributed by atoms with Gasteiger partial charge in [0.05, 0.1) is 13.2 Å². The van der Waals surface area contributed by atoms with Gasteiger partial charge in [0.15, 0.2) is 6.10 Å². The molecule has 0 aliphatic heterocycles. The Morgan fingerprint density at radius 1 is 0.575 bits per heavy atom. The number of unbranched alkanes of at least 4 members (excludes halogenated alkanes) is 16. The van der Waals surface area contributed by atoms with Crippen LogP contribution in [0.25, 0.3) is 0 Å². The molecule has 0 heterocycles. The van der Waals surface area contributed by atoms with Crippen LogP contribution in [0.2, 0.25) is 0 Å². The van der Waals surface area contributed by atoms with E-state index in [4.69, 9.17) is 18.9 Å². The van der Waals surface area contributed by atoms with E-state index in [2.05, 4.69) is 27.7 Å². The van der Waals surface area contributed by atoms with E-state index in [0.29, 0.717) is 32.7 Å². The fourth-order valence-corrected chi connectivity index (χ4v) is 4.88. The molecule has 0 bridgehead atoms. The third-order valence-corrected chi connectivity index (χ3v) is 7.59. The smallest absolute Gasteiger partial charge is 0.333 e. The maximum Gasteiger partial charge on any atom is 0.333 e. The van der Waals surface area contributed by atoms with Crippen molar-refractivity contribution in [3.8, 4) is 0 Å². The summed E-state index contributed by atoms with van der Waals surface area (Å²) in [7, 11) is 0. The quantitative estimate of drug-likeness (QED) is 0.0638. The van der Waals surface area contributed by atoms with E-state index in [0.717, 1.165) is 57.8 Å². The van der Waals surface area contributed by atoms with Gasteiger partial charge < -0.3 is 24.1 Å². The Kier molecular flexibility index (Phi) is 27.9. The molecule has 0 aromatic rings. The summed E-state index contributed by atoms with van der Waals surface area (Å²) in [6, 6.07) is 0. The average Bonchev–Trinajstić information content (AvgIpc) is 2.94. The largest absolute Gasteiger partial charge is 0.479 e. The van der Waals surface area contributed by atoms with E-state index in [1.54, 1.807) is 0 Å². The molecule has 0 aliphatic rings. The van der Waals surface area contributed by atoms with Gasteiger partial charge in [-0.2, -0.15) is 0 Å². The first-order chi connectivity index (χ1) is 19.5. The number of carbonyl (C=O) groups is 1. The van der Waals surface area contributed by atoms with Gasteiger partial charge in [-0.1, -0.05) is 144 Å². The SMILES string of the molecule is CCCCCCCCCCCCCCCCC(OC(OCCCC)(OCCCC)C(CC)OCCCC)C(=O)O. The molecule has 40 heavy (non-hydrogen) atoms. The molecule has 0 rings (SSSR count). The minimum absolute atomic E-state index is 0.446. The Labute approximate surface area is 248 Å². The van der Waals surface area contributed by atoms with E-state index in [-0.39, 0.29) is 0 Å². The van der Waals surface area contributed by atoms with Gasteiger partial charge in [-0.05, 0) is 32.1 Å². The van der Waals surface area contributed by atoms with E-state index < -0.39 is 24.2 Å². The van der Waals surface area contributed by atoms with Crippen LogP contribution in [0.3, 0.4) is 0 Å². The zero-order valence-corrected chi connectivity index (χ0v) is 27.3. The molecule has 2 atom stereocenters. The summed E-state index contributed by atoms with van der Waals surface area (Å²) in [5, 5.41) is 10.1. The lowest BCUT2D eigenvalue weighted by Crippen LogP contribution is -2.54. The van der Waals surface area contributed by atoms with E-state index in [1.165, 1.54) is 70.6 Å². The molecule has 0 saturated carbocycles. The highest BCUT2D eigenvalue weighted by molar-refractivity contribution is 5.72. The maximum absolute atomic E-state index is 12.3. The molecule has 0 radical (unpaired) electrons. The van der Waals surface area contributed by atoms with Crippen LogP contribution in [-0.4, -0.2) is 49.1 Å². The highest BCUT2D eigenvalue weighted by Gasteiger charge is 2.46. The molecule has 240 valence electrons. The van der Waals surface area contributed by atoms with Crippen LogP contribution in [0.15, 0.2) is 0 Å². The van der Waals surface area contributed by atoms with Crippen LogP contribution >= 0.6 is 0 Å². The summed E-state index contributed by atoms with van der Waals surface area (Å²) in [6.07, 6.45) is 23.0. The van der Waals surface area contributed by atoms with Gasteiger partial charge in [0.25, 0.3) is 0 Å². The molecular weight excluding hydrogens is 504 g/mol. The second-order valence-electron chi connectivity index (χ2n) is 11.5. The van der Waals surface area contributed by atoms with E-state index in [1.807, 2.05) is 6.92 Å². The average molecular weight is 573 g/mol. The lowest BCUT2D eigenvalue weighted by Gasteiger charge is -2.40. The Morgan fingerprint density at radius 3 is 1.38 bits per heavy atom. The van der Waals surface area contributed by atoms with Crippen molar-refractivity contribution in [2.24, 2.45) is 0 Å². The predicted molar refractivity (Wildman–Crippen MR) is 167 cm³/mol. The van der Waals surface area contributed by atoms with Crippen molar-refractivity contribution < 1.29 is 28.8 Å². The first kappa shape index (κ1) is 39.3. The summed E-state index contributed by atoms with van der Waals surface area (Å²) >= 11 is 0. The third-order valence-electron chi connectivity index (χ3n) is 7.59. The highest BCUT2D eigenvalue weighted by atomic mass is 16.9. The molecule has 6 heteroatoms. The molecule has 0 aromatic carbocycles. The van der Waals surface area contributed by atoms with Crippen LogP contribution < -0.4 is 0 Å². The summed E-state index contributed by atoms with van der Waals surface area (Å²) < 4.78 is 25.1. The second kappa shape index (κ2) is 28.4. The van der Waals surface area contributed by atoms with Gasteiger partial charge in [0.2, 0.25) is 0 Å². The van der Waals surface area contributed by atoms with Crippen LogP contribution in [-0.2, 0) is 23.7 Å². The first-order valence-electron chi connectivity index (χ1n) is 17.3. The number of ether oxygens (including phenoxy) is 4. The standard InChI is InChI=1S/C34H68O6/c1-6-11-15-16-17-18-19-20-21-22-23-24-25-26-27-31(33(35)36)40-34(38-29-13-8-3,39-30-14-9-4)32(10-5)37-28-12-7-2/h31-32H,6-30H2,1-5H3,(H,35,36). The zero-order chi connectivity index (χ0) is 29.7. The second-order valence-corrected chi connectivity index (χ2v) is 11.5. The van der Waals surface area contributed by atoms with Gasteiger partial charge in [0.1, 0.15) is 6.10 Å². The number of carboxylic acid groups (broad SMARTS) is 1. The lowest BCUT2D eigenvalue weighted by molar-refractivity contribution is -0.427. The molecule has 6 nitrogen and oxygen atoms in total. The molecule has 0 spiro atoms. The summed E-state index contributed by atoms with van der Waals surface area (Å²) in [6.45, 7) is 12.1. The van der Waals surface area contributed by atoms with Gasteiger partial charge in [-0.25, -0.2) is 4.79 Å². The topological polar surface area (TPSA) is 74.2 Å². The summed E-state index contributed by atoms with van der Waals surface area (Å²) in [4.78, 5) is 12.3. The third kappa shape index (κ3) is 20.2. The van der Waals surface area contributed by atoms with Crippen molar-refractivity contribution in [1.29, 1.82) is 0 Å². The van der Waals surface area contributed by atoms with Gasteiger partial charge in [0, 0.05) is 6.61 Å². The molecule has 0 aromatic heterocycles. The normalized spacial score (nSPS) is 13.5. The number of rotatable bonds is 32. The molecule has 0 saturated heterocycles. The Bertz CT molecular complexity index is 531. The molecule has 0 fully saturated rings. The monoisotopic (exact) mass is 573 g/mol. The number of hydrogen-bond acceptors (Lipinski definition) is 5. The van der Waals surface area contributed by atoms with Gasteiger partial charge in [-0.3, -0.25) is 0 Å². The van der Waals surface area contributed by atoms with E-state index >= 15 is 0 Å². The van der Waals surface area contributed by atoms with Crippen molar-refractivity contribution in [2.45, 2.75) is 194 Å². The Balaban J connectivity index is 4.81.